The first-order valence-corrected chi connectivity index (χ1v) is 15.0. The lowest BCUT2D eigenvalue weighted by Gasteiger charge is -2.27. The smallest absolute Gasteiger partial charge is 0.0464 e. The molecule has 0 saturated heterocycles. The van der Waals surface area contributed by atoms with E-state index in [1.54, 1.807) is 0 Å². The van der Waals surface area contributed by atoms with E-state index in [0.29, 0.717) is 0 Å². The van der Waals surface area contributed by atoms with Crippen LogP contribution in [0.1, 0.15) is 44.5 Å². The van der Waals surface area contributed by atoms with Gasteiger partial charge in [-0.15, -0.1) is 0 Å². The quantitative estimate of drug-likeness (QED) is 0.210. The van der Waals surface area contributed by atoms with Crippen LogP contribution in [-0.4, -0.2) is 0 Å². The van der Waals surface area contributed by atoms with Crippen LogP contribution in [0.25, 0.3) is 22.3 Å². The van der Waals surface area contributed by atoms with Crippen molar-refractivity contribution in [3.8, 4) is 22.3 Å². The van der Waals surface area contributed by atoms with E-state index in [1.165, 1.54) is 83.8 Å². The molecule has 0 unspecified atom stereocenters. The number of fused-ring (bicyclic) bond motifs is 6. The monoisotopic (exact) mass is 539 g/mol. The highest BCUT2D eigenvalue weighted by molar-refractivity contribution is 5.85. The first-order chi connectivity index (χ1) is 20.6. The fraction of sp³-hybridized carbons (Fsp3) is 0.122. The van der Waals surface area contributed by atoms with E-state index < -0.39 is 0 Å². The molecule has 2 aliphatic carbocycles. The molecular weight excluding hydrogens is 506 g/mol. The maximum atomic E-state index is 2.43. The molecule has 8 rings (SSSR count). The van der Waals surface area contributed by atoms with E-state index in [4.69, 9.17) is 0 Å². The highest BCUT2D eigenvalue weighted by Crippen LogP contribution is 2.44. The zero-order valence-electron chi connectivity index (χ0n) is 24.2. The topological polar surface area (TPSA) is 3.24 Å². The van der Waals surface area contributed by atoms with Gasteiger partial charge in [0.05, 0.1) is 0 Å². The van der Waals surface area contributed by atoms with Crippen molar-refractivity contribution in [2.24, 2.45) is 0 Å². The predicted octanol–water partition coefficient (Wildman–Crippen LogP) is 10.5. The van der Waals surface area contributed by atoms with Gasteiger partial charge in [0.1, 0.15) is 0 Å². The Morgan fingerprint density at radius 3 is 1.57 bits per heavy atom. The average molecular weight is 540 g/mol. The fourth-order valence-corrected chi connectivity index (χ4v) is 6.85. The van der Waals surface area contributed by atoms with Gasteiger partial charge < -0.3 is 4.90 Å². The Hall–Kier alpha value is -4.88. The molecule has 0 bridgehead atoms. The average Bonchev–Trinajstić information content (AvgIpc) is 3.56. The van der Waals surface area contributed by atoms with Crippen molar-refractivity contribution in [2.75, 3.05) is 4.90 Å². The first-order valence-electron chi connectivity index (χ1n) is 15.0. The Kier molecular flexibility index (Phi) is 5.86. The van der Waals surface area contributed by atoms with Gasteiger partial charge in [0.15, 0.2) is 0 Å². The summed E-state index contributed by atoms with van der Waals surface area (Å²) in [6, 6.07) is 47.8. The van der Waals surface area contributed by atoms with Crippen LogP contribution in [0.5, 0.6) is 0 Å². The second-order valence-electron chi connectivity index (χ2n) is 12.0. The summed E-state index contributed by atoms with van der Waals surface area (Å²) in [6.07, 6.45) is 2.94. The van der Waals surface area contributed by atoms with Crippen molar-refractivity contribution >= 4 is 17.1 Å². The van der Waals surface area contributed by atoms with Crippen LogP contribution in [0.15, 0.2) is 127 Å². The minimum Gasteiger partial charge on any atom is -0.310 e. The largest absolute Gasteiger partial charge is 0.310 e. The molecule has 0 atom stereocenters. The van der Waals surface area contributed by atoms with Crippen LogP contribution >= 0.6 is 0 Å². The second-order valence-corrected chi connectivity index (χ2v) is 12.0. The van der Waals surface area contributed by atoms with E-state index in [2.05, 4.69) is 146 Å². The van der Waals surface area contributed by atoms with Gasteiger partial charge in [-0.25, -0.2) is 0 Å². The van der Waals surface area contributed by atoms with E-state index in [0.717, 1.165) is 19.3 Å². The Balaban J connectivity index is 1.15. The number of hydrogen-bond donors (Lipinski definition) is 0. The Labute approximate surface area is 248 Å². The van der Waals surface area contributed by atoms with Crippen molar-refractivity contribution in [3.63, 3.8) is 0 Å². The number of rotatable bonds is 5. The maximum Gasteiger partial charge on any atom is 0.0464 e. The number of benzene rings is 6. The van der Waals surface area contributed by atoms with E-state index >= 15 is 0 Å². The molecule has 0 radical (unpaired) electrons. The van der Waals surface area contributed by atoms with Gasteiger partial charge >= 0.3 is 0 Å². The summed E-state index contributed by atoms with van der Waals surface area (Å²) in [4.78, 5) is 2.43. The minimum atomic E-state index is 0.971. The number of hydrogen-bond acceptors (Lipinski definition) is 1. The lowest BCUT2D eigenvalue weighted by Crippen LogP contribution is -2.10. The third-order valence-corrected chi connectivity index (χ3v) is 9.04. The lowest BCUT2D eigenvalue weighted by molar-refractivity contribution is 1.16. The summed E-state index contributed by atoms with van der Waals surface area (Å²) in [7, 11) is 0. The molecule has 2 aliphatic rings. The zero-order chi connectivity index (χ0) is 28.2. The van der Waals surface area contributed by atoms with Crippen LogP contribution in [0.3, 0.4) is 0 Å². The van der Waals surface area contributed by atoms with Crippen LogP contribution < -0.4 is 4.90 Å². The molecule has 42 heavy (non-hydrogen) atoms. The molecule has 0 aliphatic heterocycles. The molecule has 202 valence electrons. The van der Waals surface area contributed by atoms with Crippen molar-refractivity contribution in [1.29, 1.82) is 0 Å². The third-order valence-electron chi connectivity index (χ3n) is 9.04. The fourth-order valence-electron chi connectivity index (χ4n) is 6.85. The molecule has 0 N–H and O–H groups in total. The summed E-state index contributed by atoms with van der Waals surface area (Å²) < 4.78 is 0. The second kappa shape index (κ2) is 9.89. The molecule has 0 fully saturated rings. The van der Waals surface area contributed by atoms with E-state index in [-0.39, 0.29) is 0 Å². The summed E-state index contributed by atoms with van der Waals surface area (Å²) in [5, 5.41) is 0. The molecule has 0 aromatic heterocycles. The maximum absolute atomic E-state index is 2.43. The van der Waals surface area contributed by atoms with Gasteiger partial charge in [-0.3, -0.25) is 0 Å². The van der Waals surface area contributed by atoms with Gasteiger partial charge in [0.2, 0.25) is 0 Å². The van der Waals surface area contributed by atoms with Crippen molar-refractivity contribution in [3.05, 3.63) is 172 Å². The summed E-state index contributed by atoms with van der Waals surface area (Å²) in [6.45, 7) is 4.30. The summed E-state index contributed by atoms with van der Waals surface area (Å²) in [5.41, 5.74) is 20.1. The molecule has 0 amide bonds. The number of anilines is 3. The van der Waals surface area contributed by atoms with Gasteiger partial charge in [-0.2, -0.15) is 0 Å². The highest BCUT2D eigenvalue weighted by atomic mass is 15.1. The minimum absolute atomic E-state index is 0.971. The van der Waals surface area contributed by atoms with Crippen molar-refractivity contribution in [2.45, 2.75) is 33.1 Å². The highest BCUT2D eigenvalue weighted by Gasteiger charge is 2.23. The summed E-state index contributed by atoms with van der Waals surface area (Å²) in [5.74, 6) is 0. The molecule has 0 saturated carbocycles. The molecular formula is C41H33N. The number of aryl methyl sites for hydroxylation is 2. The van der Waals surface area contributed by atoms with E-state index in [9.17, 15) is 0 Å². The van der Waals surface area contributed by atoms with Crippen LogP contribution in [0.4, 0.5) is 17.1 Å². The molecule has 6 aromatic carbocycles. The normalized spacial score (nSPS) is 12.4. The van der Waals surface area contributed by atoms with Gasteiger partial charge in [-0.05, 0) is 125 Å². The predicted molar refractivity (Wildman–Crippen MR) is 176 cm³/mol. The Bertz CT molecular complexity index is 1960. The lowest BCUT2D eigenvalue weighted by atomic mass is 9.99. The number of nitrogens with zero attached hydrogens (tertiary/aromatic N) is 1. The van der Waals surface area contributed by atoms with Gasteiger partial charge in [-0.1, -0.05) is 102 Å². The Morgan fingerprint density at radius 2 is 0.905 bits per heavy atom. The SMILES string of the molecule is Cc1ccc(Cc2ccc3c(c2)Cc2cc(N(c4ccc(C)cc4)c4ccc5c(c4)Cc4ccccc4-5)ccc2-3)cc1. The van der Waals surface area contributed by atoms with Crippen LogP contribution in [0.2, 0.25) is 0 Å². The van der Waals surface area contributed by atoms with Crippen LogP contribution in [-0.2, 0) is 19.3 Å². The van der Waals surface area contributed by atoms with Gasteiger partial charge in [0.25, 0.3) is 0 Å². The van der Waals surface area contributed by atoms with Crippen molar-refractivity contribution in [1.82, 2.24) is 0 Å². The third kappa shape index (κ3) is 4.33. The standard InChI is InChI=1S/C41H33N/c1-27-7-11-29(12-8-27)21-30-13-18-39-32(22-30)24-34-26-37(17-20-41(34)39)42(35-14-9-28(2)10-15-35)36-16-19-40-33(25-36)23-31-5-3-4-6-38(31)40/h3-20,22,25-26H,21,23-24H2,1-2H3. The van der Waals surface area contributed by atoms with Gasteiger partial charge in [0, 0.05) is 17.1 Å². The summed E-state index contributed by atoms with van der Waals surface area (Å²) >= 11 is 0. The Morgan fingerprint density at radius 1 is 0.429 bits per heavy atom. The zero-order valence-corrected chi connectivity index (χ0v) is 24.2. The molecule has 1 heteroatoms. The first kappa shape index (κ1) is 24.9. The molecule has 1 nitrogen and oxygen atoms in total. The van der Waals surface area contributed by atoms with Crippen LogP contribution in [0, 0.1) is 13.8 Å². The van der Waals surface area contributed by atoms with E-state index in [1.807, 2.05) is 0 Å². The molecule has 6 aromatic rings. The van der Waals surface area contributed by atoms with Crippen molar-refractivity contribution < 1.29 is 0 Å². The molecule has 0 spiro atoms. The molecule has 0 heterocycles.